The SMILES string of the molecule is S=C=Nc1ccc(-c2nc(-c3cscn3)no2)cc1. The fourth-order valence-corrected chi connectivity index (χ4v) is 2.13. The van der Waals surface area contributed by atoms with Crippen molar-refractivity contribution in [1.82, 2.24) is 15.1 Å². The molecule has 5 nitrogen and oxygen atoms in total. The van der Waals surface area contributed by atoms with Gasteiger partial charge in [-0.05, 0) is 36.5 Å². The van der Waals surface area contributed by atoms with E-state index in [9.17, 15) is 0 Å². The molecule has 0 N–H and O–H groups in total. The van der Waals surface area contributed by atoms with E-state index in [0.29, 0.717) is 17.4 Å². The molecule has 0 unspecified atom stereocenters. The zero-order chi connectivity index (χ0) is 13.1. The summed E-state index contributed by atoms with van der Waals surface area (Å²) in [5.74, 6) is 0.929. The number of nitrogens with zero attached hydrogens (tertiary/aromatic N) is 4. The summed E-state index contributed by atoms with van der Waals surface area (Å²) in [5, 5.41) is 8.08. The Balaban J connectivity index is 1.92. The summed E-state index contributed by atoms with van der Waals surface area (Å²) in [6, 6.07) is 7.29. The molecule has 0 fully saturated rings. The molecule has 0 aliphatic heterocycles. The molecule has 0 saturated heterocycles. The molecule has 0 radical (unpaired) electrons. The molecule has 3 rings (SSSR count). The predicted octanol–water partition coefficient (Wildman–Crippen LogP) is 3.59. The van der Waals surface area contributed by atoms with Crippen LogP contribution in [0.2, 0.25) is 0 Å². The van der Waals surface area contributed by atoms with Crippen LogP contribution in [-0.2, 0) is 0 Å². The van der Waals surface area contributed by atoms with Gasteiger partial charge >= 0.3 is 0 Å². The van der Waals surface area contributed by atoms with Crippen molar-refractivity contribution >= 4 is 34.4 Å². The second-order valence-electron chi connectivity index (χ2n) is 3.55. The fraction of sp³-hybridized carbons (Fsp3) is 0. The third kappa shape index (κ3) is 2.48. The van der Waals surface area contributed by atoms with Crippen LogP contribution in [0.15, 0.2) is 44.7 Å². The quantitative estimate of drug-likeness (QED) is 0.543. The Kier molecular flexibility index (Phi) is 3.24. The predicted molar refractivity (Wildman–Crippen MR) is 75.5 cm³/mol. The number of thiocarbonyl (C=S) groups is 1. The van der Waals surface area contributed by atoms with Crippen molar-refractivity contribution in [3.05, 3.63) is 35.2 Å². The number of aliphatic imine (C=N–C) groups is 1. The average molecular weight is 286 g/mol. The maximum atomic E-state index is 5.21. The maximum absolute atomic E-state index is 5.21. The van der Waals surface area contributed by atoms with Gasteiger partial charge in [0.2, 0.25) is 5.82 Å². The van der Waals surface area contributed by atoms with Gasteiger partial charge in [0, 0.05) is 10.9 Å². The topological polar surface area (TPSA) is 64.2 Å². The Labute approximate surface area is 117 Å². The van der Waals surface area contributed by atoms with Crippen LogP contribution in [0.25, 0.3) is 23.0 Å². The molecular formula is C12H6N4OS2. The van der Waals surface area contributed by atoms with E-state index in [1.165, 1.54) is 11.3 Å². The summed E-state index contributed by atoms with van der Waals surface area (Å²) < 4.78 is 5.21. The van der Waals surface area contributed by atoms with Crippen LogP contribution in [0, 0.1) is 0 Å². The lowest BCUT2D eigenvalue weighted by atomic mass is 10.2. The van der Waals surface area contributed by atoms with E-state index in [0.717, 1.165) is 11.3 Å². The number of aromatic nitrogens is 3. The van der Waals surface area contributed by atoms with E-state index in [1.807, 2.05) is 17.5 Å². The first kappa shape index (κ1) is 11.9. The van der Waals surface area contributed by atoms with Gasteiger partial charge in [0.25, 0.3) is 5.89 Å². The van der Waals surface area contributed by atoms with Gasteiger partial charge in [-0.25, -0.2) is 4.98 Å². The molecule has 2 heterocycles. The molecule has 0 bridgehead atoms. The fourth-order valence-electron chi connectivity index (χ4n) is 1.50. The maximum Gasteiger partial charge on any atom is 0.258 e. The Morgan fingerprint density at radius 1 is 1.26 bits per heavy atom. The third-order valence-corrected chi connectivity index (χ3v) is 3.05. The Morgan fingerprint density at radius 3 is 2.79 bits per heavy atom. The highest BCUT2D eigenvalue weighted by Gasteiger charge is 2.11. The largest absolute Gasteiger partial charge is 0.334 e. The zero-order valence-electron chi connectivity index (χ0n) is 9.48. The first-order valence-electron chi connectivity index (χ1n) is 5.27. The van der Waals surface area contributed by atoms with E-state index in [4.69, 9.17) is 4.52 Å². The van der Waals surface area contributed by atoms with E-state index >= 15 is 0 Å². The summed E-state index contributed by atoms with van der Waals surface area (Å²) in [6.07, 6.45) is 0. The van der Waals surface area contributed by atoms with Crippen LogP contribution in [-0.4, -0.2) is 20.3 Å². The van der Waals surface area contributed by atoms with Gasteiger partial charge in [-0.15, -0.1) is 11.3 Å². The molecule has 7 heteroatoms. The smallest absolute Gasteiger partial charge is 0.258 e. The zero-order valence-corrected chi connectivity index (χ0v) is 11.1. The average Bonchev–Trinajstić information content (AvgIpc) is 3.11. The first-order valence-corrected chi connectivity index (χ1v) is 6.62. The van der Waals surface area contributed by atoms with Crippen molar-refractivity contribution in [2.45, 2.75) is 0 Å². The van der Waals surface area contributed by atoms with Gasteiger partial charge in [-0.2, -0.15) is 9.98 Å². The molecule has 0 aliphatic rings. The van der Waals surface area contributed by atoms with Crippen molar-refractivity contribution < 1.29 is 4.52 Å². The second kappa shape index (κ2) is 5.19. The summed E-state index contributed by atoms with van der Waals surface area (Å²) in [5.41, 5.74) is 3.99. The van der Waals surface area contributed by atoms with E-state index < -0.39 is 0 Å². The van der Waals surface area contributed by atoms with Gasteiger partial charge in [-0.1, -0.05) is 5.16 Å². The number of thiazole rings is 1. The number of hydrogen-bond acceptors (Lipinski definition) is 7. The lowest BCUT2D eigenvalue weighted by molar-refractivity contribution is 0.432. The second-order valence-corrected chi connectivity index (χ2v) is 4.45. The molecular weight excluding hydrogens is 280 g/mol. The van der Waals surface area contributed by atoms with Crippen molar-refractivity contribution in [1.29, 1.82) is 0 Å². The van der Waals surface area contributed by atoms with Gasteiger partial charge in [0.15, 0.2) is 0 Å². The van der Waals surface area contributed by atoms with E-state index in [1.54, 1.807) is 17.6 Å². The molecule has 0 atom stereocenters. The summed E-state index contributed by atoms with van der Waals surface area (Å²) in [7, 11) is 0. The molecule has 92 valence electrons. The minimum Gasteiger partial charge on any atom is -0.334 e. The Hall–Kier alpha value is -2.21. The highest BCUT2D eigenvalue weighted by atomic mass is 32.1. The van der Waals surface area contributed by atoms with Gasteiger partial charge < -0.3 is 4.52 Å². The summed E-state index contributed by atoms with van der Waals surface area (Å²) in [4.78, 5) is 12.3. The number of isothiocyanates is 1. The first-order chi connectivity index (χ1) is 9.36. The molecule has 2 aromatic heterocycles. The van der Waals surface area contributed by atoms with Crippen molar-refractivity contribution in [2.24, 2.45) is 4.99 Å². The highest BCUT2D eigenvalue weighted by Crippen LogP contribution is 2.23. The molecule has 19 heavy (non-hydrogen) atoms. The van der Waals surface area contributed by atoms with Crippen LogP contribution in [0.1, 0.15) is 0 Å². The summed E-state index contributed by atoms with van der Waals surface area (Å²) >= 11 is 6.03. The van der Waals surface area contributed by atoms with Crippen LogP contribution < -0.4 is 0 Å². The number of rotatable bonds is 3. The van der Waals surface area contributed by atoms with Crippen LogP contribution in [0.3, 0.4) is 0 Å². The van der Waals surface area contributed by atoms with Crippen LogP contribution in [0.4, 0.5) is 5.69 Å². The molecule has 0 amide bonds. The van der Waals surface area contributed by atoms with Crippen molar-refractivity contribution in [3.8, 4) is 23.0 Å². The lowest BCUT2D eigenvalue weighted by Gasteiger charge is -1.94. The number of benzene rings is 1. The third-order valence-electron chi connectivity index (χ3n) is 2.38. The van der Waals surface area contributed by atoms with E-state index in [-0.39, 0.29) is 0 Å². The van der Waals surface area contributed by atoms with Gasteiger partial charge in [0.1, 0.15) is 5.69 Å². The van der Waals surface area contributed by atoms with Gasteiger partial charge in [-0.3, -0.25) is 0 Å². The molecule has 3 aromatic rings. The molecule has 0 aliphatic carbocycles. The standard InChI is InChI=1S/C12H6N4OS2/c18-6-13-9-3-1-8(2-4-9)12-15-11(16-17-12)10-5-19-7-14-10/h1-5,7H. The number of hydrogen-bond donors (Lipinski definition) is 0. The van der Waals surface area contributed by atoms with Gasteiger partial charge in [0.05, 0.1) is 16.4 Å². The van der Waals surface area contributed by atoms with Crippen molar-refractivity contribution in [3.63, 3.8) is 0 Å². The minimum absolute atomic E-state index is 0.445. The monoisotopic (exact) mass is 286 g/mol. The van der Waals surface area contributed by atoms with Crippen LogP contribution in [0.5, 0.6) is 0 Å². The minimum atomic E-state index is 0.445. The molecule has 1 aromatic carbocycles. The Bertz CT molecular complexity index is 727. The highest BCUT2D eigenvalue weighted by molar-refractivity contribution is 7.78. The normalized spacial score (nSPS) is 10.1. The molecule has 0 saturated carbocycles. The van der Waals surface area contributed by atoms with Crippen LogP contribution >= 0.6 is 23.6 Å². The van der Waals surface area contributed by atoms with Crippen molar-refractivity contribution in [2.75, 3.05) is 0 Å². The molecule has 0 spiro atoms. The van der Waals surface area contributed by atoms with E-state index in [2.05, 4.69) is 37.5 Å². The summed E-state index contributed by atoms with van der Waals surface area (Å²) in [6.45, 7) is 0. The lowest BCUT2D eigenvalue weighted by Crippen LogP contribution is -1.80. The Morgan fingerprint density at radius 2 is 2.11 bits per heavy atom.